The molecule has 4 rings (SSSR count). The fraction of sp³-hybridized carbons (Fsp3) is 0.650. The number of likely N-dealkylation sites (tertiary alicyclic amines) is 2. The molecule has 1 aromatic heterocycles. The summed E-state index contributed by atoms with van der Waals surface area (Å²) in [4.78, 5) is 33.3. The monoisotopic (exact) mass is 357 g/mol. The zero-order chi connectivity index (χ0) is 18.3. The van der Waals surface area contributed by atoms with Crippen molar-refractivity contribution in [3.8, 4) is 0 Å². The molecule has 2 atom stereocenters. The van der Waals surface area contributed by atoms with Crippen LogP contribution in [-0.4, -0.2) is 64.0 Å². The van der Waals surface area contributed by atoms with E-state index in [2.05, 4.69) is 9.88 Å². The number of amides is 1. The number of hydrogen-bond acceptors (Lipinski definition) is 4. The van der Waals surface area contributed by atoms with Gasteiger partial charge in [-0.25, -0.2) is 0 Å². The van der Waals surface area contributed by atoms with Gasteiger partial charge in [0, 0.05) is 50.0 Å². The van der Waals surface area contributed by atoms with Gasteiger partial charge in [0.25, 0.3) is 5.91 Å². The average Bonchev–Trinajstić information content (AvgIpc) is 3.18. The number of rotatable bonds is 3. The van der Waals surface area contributed by atoms with Gasteiger partial charge in [0.1, 0.15) is 5.41 Å². The number of aliphatic carboxylic acids is 1. The molecule has 1 aliphatic carbocycles. The Hall–Kier alpha value is -1.95. The molecule has 1 amide bonds. The molecule has 1 saturated carbocycles. The van der Waals surface area contributed by atoms with Crippen molar-refractivity contribution >= 4 is 11.9 Å². The Bertz CT molecular complexity index is 699. The Balaban J connectivity index is 1.50. The second-order valence-corrected chi connectivity index (χ2v) is 8.25. The molecule has 2 saturated heterocycles. The molecule has 26 heavy (non-hydrogen) atoms. The third-order valence-electron chi connectivity index (χ3n) is 6.60. The molecule has 1 aromatic rings. The van der Waals surface area contributed by atoms with E-state index in [0.717, 1.165) is 12.2 Å². The molecule has 1 N–H and O–H groups in total. The topological polar surface area (TPSA) is 73.7 Å². The minimum absolute atomic E-state index is 0.0179. The van der Waals surface area contributed by atoms with Crippen LogP contribution in [0.4, 0.5) is 0 Å². The molecule has 3 heterocycles. The van der Waals surface area contributed by atoms with E-state index < -0.39 is 11.4 Å². The van der Waals surface area contributed by atoms with Gasteiger partial charge in [0.15, 0.2) is 0 Å². The molecule has 6 heteroatoms. The van der Waals surface area contributed by atoms with Gasteiger partial charge in [-0.15, -0.1) is 0 Å². The molecular formula is C20H27N3O3. The van der Waals surface area contributed by atoms with E-state index in [-0.39, 0.29) is 11.8 Å². The van der Waals surface area contributed by atoms with Crippen molar-refractivity contribution in [1.82, 2.24) is 14.8 Å². The van der Waals surface area contributed by atoms with Crippen LogP contribution in [0.5, 0.6) is 0 Å². The maximum absolute atomic E-state index is 12.8. The molecule has 2 aliphatic heterocycles. The van der Waals surface area contributed by atoms with Crippen molar-refractivity contribution in [3.63, 3.8) is 0 Å². The lowest BCUT2D eigenvalue weighted by Crippen LogP contribution is -2.44. The number of hydrogen-bond donors (Lipinski definition) is 1. The summed E-state index contributed by atoms with van der Waals surface area (Å²) >= 11 is 0. The highest BCUT2D eigenvalue weighted by Crippen LogP contribution is 2.45. The van der Waals surface area contributed by atoms with Crippen LogP contribution in [0.15, 0.2) is 18.3 Å². The van der Waals surface area contributed by atoms with Crippen LogP contribution >= 0.6 is 0 Å². The summed E-state index contributed by atoms with van der Waals surface area (Å²) in [6, 6.07) is 4.12. The summed E-state index contributed by atoms with van der Waals surface area (Å²) in [5.41, 5.74) is 0.593. The smallest absolute Gasteiger partial charge is 0.313 e. The van der Waals surface area contributed by atoms with Gasteiger partial charge in [-0.1, -0.05) is 19.3 Å². The summed E-state index contributed by atoms with van der Waals surface area (Å²) in [5, 5.41) is 10.0. The number of fused-ring (bicyclic) bond motifs is 1. The lowest BCUT2D eigenvalue weighted by atomic mass is 9.81. The summed E-state index contributed by atoms with van der Waals surface area (Å²) in [6.07, 6.45) is 7.74. The summed E-state index contributed by atoms with van der Waals surface area (Å²) in [6.45, 7) is 4.10. The standard InChI is InChI=1S/C20H27N3O3/c1-14-7-8-15(9-21-14)18(24)23-11-16-10-22(17-5-3-2-4-6-17)12-20(16,13-23)19(25)26/h7-9,16-17H,2-6,10-13H2,1H3,(H,25,26)/t16-,20-/m1/s1. The summed E-state index contributed by atoms with van der Waals surface area (Å²) < 4.78 is 0. The van der Waals surface area contributed by atoms with Gasteiger partial charge < -0.3 is 10.0 Å². The van der Waals surface area contributed by atoms with Gasteiger partial charge in [0.05, 0.1) is 5.56 Å². The predicted molar refractivity (Wildman–Crippen MR) is 96.9 cm³/mol. The Kier molecular flexibility index (Phi) is 4.47. The Labute approximate surface area is 154 Å². The maximum atomic E-state index is 12.8. The highest BCUT2D eigenvalue weighted by atomic mass is 16.4. The van der Waals surface area contributed by atoms with Crippen molar-refractivity contribution in [3.05, 3.63) is 29.6 Å². The molecular weight excluding hydrogens is 330 g/mol. The predicted octanol–water partition coefficient (Wildman–Crippen LogP) is 2.18. The van der Waals surface area contributed by atoms with Gasteiger partial charge in [0.2, 0.25) is 0 Å². The summed E-state index contributed by atoms with van der Waals surface area (Å²) in [7, 11) is 0. The number of aryl methyl sites for hydroxylation is 1. The molecule has 140 valence electrons. The van der Waals surface area contributed by atoms with Crippen LogP contribution in [0, 0.1) is 18.3 Å². The zero-order valence-corrected chi connectivity index (χ0v) is 15.4. The fourth-order valence-corrected chi connectivity index (χ4v) is 5.06. The van der Waals surface area contributed by atoms with E-state index in [1.54, 1.807) is 17.2 Å². The van der Waals surface area contributed by atoms with E-state index in [1.165, 1.54) is 32.1 Å². The molecule has 0 spiro atoms. The lowest BCUT2D eigenvalue weighted by molar-refractivity contribution is -0.148. The Morgan fingerprint density at radius 1 is 1.15 bits per heavy atom. The van der Waals surface area contributed by atoms with Crippen LogP contribution in [0.1, 0.15) is 48.2 Å². The van der Waals surface area contributed by atoms with E-state index in [4.69, 9.17) is 0 Å². The largest absolute Gasteiger partial charge is 0.481 e. The van der Waals surface area contributed by atoms with Crippen LogP contribution < -0.4 is 0 Å². The van der Waals surface area contributed by atoms with Gasteiger partial charge in [-0.3, -0.25) is 19.5 Å². The molecule has 6 nitrogen and oxygen atoms in total. The minimum atomic E-state index is -0.814. The Morgan fingerprint density at radius 3 is 2.54 bits per heavy atom. The molecule has 0 radical (unpaired) electrons. The molecule has 0 bridgehead atoms. The van der Waals surface area contributed by atoms with Gasteiger partial charge in [-0.2, -0.15) is 0 Å². The number of aromatic nitrogens is 1. The van der Waals surface area contributed by atoms with Crippen molar-refractivity contribution in [2.75, 3.05) is 26.2 Å². The molecule has 3 aliphatic rings. The van der Waals surface area contributed by atoms with Gasteiger partial charge >= 0.3 is 5.97 Å². The fourth-order valence-electron chi connectivity index (χ4n) is 5.06. The lowest BCUT2D eigenvalue weighted by Gasteiger charge is -2.33. The average molecular weight is 357 g/mol. The number of carboxylic acid groups (broad SMARTS) is 1. The third-order valence-corrected chi connectivity index (χ3v) is 6.60. The highest BCUT2D eigenvalue weighted by molar-refractivity contribution is 5.95. The van der Waals surface area contributed by atoms with Crippen molar-refractivity contribution in [2.45, 2.75) is 45.1 Å². The molecule has 3 fully saturated rings. The van der Waals surface area contributed by atoms with Crippen molar-refractivity contribution < 1.29 is 14.7 Å². The first-order valence-corrected chi connectivity index (χ1v) is 9.69. The molecule has 0 unspecified atom stereocenters. The van der Waals surface area contributed by atoms with Crippen molar-refractivity contribution in [1.29, 1.82) is 0 Å². The highest BCUT2D eigenvalue weighted by Gasteiger charge is 2.59. The number of carbonyl (C=O) groups excluding carboxylic acids is 1. The second-order valence-electron chi connectivity index (χ2n) is 8.25. The van der Waals surface area contributed by atoms with E-state index in [9.17, 15) is 14.7 Å². The summed E-state index contributed by atoms with van der Waals surface area (Å²) in [5.74, 6) is -0.834. The number of carbonyl (C=O) groups is 2. The van der Waals surface area contributed by atoms with Crippen LogP contribution in [0.25, 0.3) is 0 Å². The number of carboxylic acids is 1. The van der Waals surface area contributed by atoms with E-state index >= 15 is 0 Å². The number of pyridine rings is 1. The SMILES string of the molecule is Cc1ccc(C(=O)N2C[C@H]3CN(C4CCCCC4)C[C@@]3(C(=O)O)C2)cn1. The zero-order valence-electron chi connectivity index (χ0n) is 15.4. The number of nitrogens with zero attached hydrogens (tertiary/aromatic N) is 3. The van der Waals surface area contributed by atoms with E-state index in [1.807, 2.05) is 13.0 Å². The quantitative estimate of drug-likeness (QED) is 0.898. The maximum Gasteiger partial charge on any atom is 0.313 e. The van der Waals surface area contributed by atoms with E-state index in [0.29, 0.717) is 31.2 Å². The normalized spacial score (nSPS) is 29.7. The van der Waals surface area contributed by atoms with Crippen molar-refractivity contribution in [2.24, 2.45) is 11.3 Å². The van der Waals surface area contributed by atoms with Crippen LogP contribution in [-0.2, 0) is 4.79 Å². The minimum Gasteiger partial charge on any atom is -0.481 e. The van der Waals surface area contributed by atoms with Crippen LogP contribution in [0.2, 0.25) is 0 Å². The van der Waals surface area contributed by atoms with Crippen LogP contribution in [0.3, 0.4) is 0 Å². The Morgan fingerprint density at radius 2 is 1.92 bits per heavy atom. The second kappa shape index (κ2) is 6.65. The first kappa shape index (κ1) is 17.5. The first-order chi connectivity index (χ1) is 12.5. The first-order valence-electron chi connectivity index (χ1n) is 9.69. The third kappa shape index (κ3) is 2.90. The molecule has 0 aromatic carbocycles. The van der Waals surface area contributed by atoms with Gasteiger partial charge in [-0.05, 0) is 31.9 Å².